The third-order valence-corrected chi connectivity index (χ3v) is 2.09. The first-order valence-corrected chi connectivity index (χ1v) is 4.45. The molecule has 0 bridgehead atoms. The molecular weight excluding hydrogens is 172 g/mol. The first-order valence-electron chi connectivity index (χ1n) is 4.45. The van der Waals surface area contributed by atoms with Crippen LogP contribution in [0, 0.1) is 11.8 Å². The molecule has 0 fully saturated rings. The van der Waals surface area contributed by atoms with Crippen LogP contribution in [0.2, 0.25) is 0 Å². The number of benzene rings is 2. The molecule has 0 aliphatic rings. The lowest BCUT2D eigenvalue weighted by atomic mass is 10.1. The van der Waals surface area contributed by atoms with Gasteiger partial charge in [0.2, 0.25) is 0 Å². The van der Waals surface area contributed by atoms with Gasteiger partial charge < -0.3 is 5.11 Å². The maximum absolute atomic E-state index is 9.27. The van der Waals surface area contributed by atoms with Gasteiger partial charge >= 0.3 is 0 Å². The quantitative estimate of drug-likeness (QED) is 0.621. The normalized spacial score (nSPS) is 9.50. The lowest BCUT2D eigenvalue weighted by Crippen LogP contribution is -1.76. The molecule has 0 radical (unpaired) electrons. The highest BCUT2D eigenvalue weighted by Gasteiger charge is 1.95. The van der Waals surface area contributed by atoms with Gasteiger partial charge in [-0.1, -0.05) is 18.1 Å². The molecule has 0 spiro atoms. The van der Waals surface area contributed by atoms with Crippen molar-refractivity contribution < 1.29 is 5.11 Å². The van der Waals surface area contributed by atoms with E-state index in [9.17, 15) is 5.11 Å². The first kappa shape index (κ1) is 8.65. The lowest BCUT2D eigenvalue weighted by molar-refractivity contribution is 0.476. The van der Waals surface area contributed by atoms with Gasteiger partial charge in [0.25, 0.3) is 0 Å². The summed E-state index contributed by atoms with van der Waals surface area (Å²) in [4.78, 5) is 0. The monoisotopic (exact) mass is 182 g/mol. The summed E-state index contributed by atoms with van der Waals surface area (Å²) in [6.07, 6.45) is 0. The minimum Gasteiger partial charge on any atom is -0.508 e. The fourth-order valence-corrected chi connectivity index (χ4v) is 1.46. The Labute approximate surface area is 83.0 Å². The Bertz CT molecular complexity index is 530. The SMILES string of the molecule is CC#Cc1ccc2cc(O)ccc2c1. The zero-order chi connectivity index (χ0) is 9.97. The Hall–Kier alpha value is -1.94. The minimum atomic E-state index is 0.298. The fraction of sp³-hybridized carbons (Fsp3) is 0.0769. The molecule has 0 unspecified atom stereocenters. The molecule has 14 heavy (non-hydrogen) atoms. The third kappa shape index (κ3) is 1.55. The second-order valence-electron chi connectivity index (χ2n) is 3.12. The smallest absolute Gasteiger partial charge is 0.116 e. The Balaban J connectivity index is 2.65. The molecule has 0 aromatic heterocycles. The molecule has 0 saturated heterocycles. The second-order valence-corrected chi connectivity index (χ2v) is 3.12. The van der Waals surface area contributed by atoms with Gasteiger partial charge in [-0.05, 0) is 42.0 Å². The van der Waals surface area contributed by atoms with E-state index in [0.717, 1.165) is 16.3 Å². The molecule has 0 aliphatic carbocycles. The fourth-order valence-electron chi connectivity index (χ4n) is 1.46. The lowest BCUT2D eigenvalue weighted by Gasteiger charge is -1.99. The van der Waals surface area contributed by atoms with E-state index in [1.54, 1.807) is 12.1 Å². The summed E-state index contributed by atoms with van der Waals surface area (Å²) in [6.45, 7) is 1.82. The Kier molecular flexibility index (Phi) is 2.12. The van der Waals surface area contributed by atoms with Gasteiger partial charge in [-0.15, -0.1) is 5.92 Å². The van der Waals surface area contributed by atoms with Gasteiger partial charge in [-0.3, -0.25) is 0 Å². The van der Waals surface area contributed by atoms with Crippen LogP contribution in [0.3, 0.4) is 0 Å². The van der Waals surface area contributed by atoms with E-state index in [1.165, 1.54) is 0 Å². The summed E-state index contributed by atoms with van der Waals surface area (Å²) in [6, 6.07) is 11.3. The molecule has 0 saturated carbocycles. The van der Waals surface area contributed by atoms with Gasteiger partial charge in [0, 0.05) is 5.56 Å². The van der Waals surface area contributed by atoms with Crippen molar-refractivity contribution in [1.82, 2.24) is 0 Å². The number of hydrogen-bond acceptors (Lipinski definition) is 1. The average Bonchev–Trinajstić information content (AvgIpc) is 2.19. The largest absolute Gasteiger partial charge is 0.508 e. The molecule has 1 heteroatoms. The van der Waals surface area contributed by atoms with E-state index in [1.807, 2.05) is 31.2 Å². The van der Waals surface area contributed by atoms with Crippen LogP contribution in [0.5, 0.6) is 5.75 Å². The molecule has 0 atom stereocenters. The van der Waals surface area contributed by atoms with Crippen molar-refractivity contribution in [1.29, 1.82) is 0 Å². The highest BCUT2D eigenvalue weighted by molar-refractivity contribution is 5.85. The minimum absolute atomic E-state index is 0.298. The second kappa shape index (κ2) is 3.43. The summed E-state index contributed by atoms with van der Waals surface area (Å²) < 4.78 is 0. The number of fused-ring (bicyclic) bond motifs is 1. The Morgan fingerprint density at radius 3 is 2.50 bits per heavy atom. The highest BCUT2D eigenvalue weighted by Crippen LogP contribution is 2.20. The van der Waals surface area contributed by atoms with Crippen molar-refractivity contribution >= 4 is 10.8 Å². The van der Waals surface area contributed by atoms with E-state index in [0.29, 0.717) is 5.75 Å². The van der Waals surface area contributed by atoms with E-state index < -0.39 is 0 Å². The summed E-state index contributed by atoms with van der Waals surface area (Å²) in [5, 5.41) is 11.4. The maximum atomic E-state index is 9.27. The van der Waals surface area contributed by atoms with Crippen LogP contribution < -0.4 is 0 Å². The van der Waals surface area contributed by atoms with Crippen molar-refractivity contribution in [2.45, 2.75) is 6.92 Å². The van der Waals surface area contributed by atoms with Crippen LogP contribution in [0.15, 0.2) is 36.4 Å². The molecule has 2 aromatic rings. The van der Waals surface area contributed by atoms with E-state index in [2.05, 4.69) is 11.8 Å². The van der Waals surface area contributed by atoms with Crippen LogP contribution in [-0.2, 0) is 0 Å². The van der Waals surface area contributed by atoms with Crippen molar-refractivity contribution in [3.8, 4) is 17.6 Å². The maximum Gasteiger partial charge on any atom is 0.116 e. The number of hydrogen-bond donors (Lipinski definition) is 1. The molecule has 68 valence electrons. The topological polar surface area (TPSA) is 20.2 Å². The number of rotatable bonds is 0. The van der Waals surface area contributed by atoms with Gasteiger partial charge in [0.05, 0.1) is 0 Å². The van der Waals surface area contributed by atoms with Gasteiger partial charge in [-0.25, -0.2) is 0 Å². The number of phenols is 1. The van der Waals surface area contributed by atoms with Gasteiger partial charge in [0.1, 0.15) is 5.75 Å². The molecule has 1 N–H and O–H groups in total. The molecule has 1 nitrogen and oxygen atoms in total. The van der Waals surface area contributed by atoms with Crippen molar-refractivity contribution in [3.63, 3.8) is 0 Å². The third-order valence-electron chi connectivity index (χ3n) is 2.09. The number of phenolic OH excluding ortho intramolecular Hbond substituents is 1. The molecule has 2 aromatic carbocycles. The van der Waals surface area contributed by atoms with Crippen LogP contribution in [0.4, 0.5) is 0 Å². The Morgan fingerprint density at radius 2 is 1.71 bits per heavy atom. The summed E-state index contributed by atoms with van der Waals surface area (Å²) >= 11 is 0. The van der Waals surface area contributed by atoms with Crippen molar-refractivity contribution in [3.05, 3.63) is 42.0 Å². The van der Waals surface area contributed by atoms with Gasteiger partial charge in [0.15, 0.2) is 0 Å². The average molecular weight is 182 g/mol. The van der Waals surface area contributed by atoms with Crippen molar-refractivity contribution in [2.24, 2.45) is 0 Å². The van der Waals surface area contributed by atoms with Crippen LogP contribution in [0.25, 0.3) is 10.8 Å². The zero-order valence-electron chi connectivity index (χ0n) is 7.91. The Morgan fingerprint density at radius 1 is 1.00 bits per heavy atom. The van der Waals surface area contributed by atoms with E-state index in [4.69, 9.17) is 0 Å². The predicted molar refractivity (Wildman–Crippen MR) is 58.2 cm³/mol. The van der Waals surface area contributed by atoms with Crippen molar-refractivity contribution in [2.75, 3.05) is 0 Å². The zero-order valence-corrected chi connectivity index (χ0v) is 7.91. The summed E-state index contributed by atoms with van der Waals surface area (Å²) in [5.41, 5.74) is 1.01. The predicted octanol–water partition coefficient (Wildman–Crippen LogP) is 2.92. The molecular formula is C13H10O. The molecule has 2 rings (SSSR count). The van der Waals surface area contributed by atoms with Crippen LogP contribution in [-0.4, -0.2) is 5.11 Å². The standard InChI is InChI=1S/C13H10O/c1-2-3-10-4-5-12-9-13(14)7-6-11(12)8-10/h4-9,14H,1H3. The van der Waals surface area contributed by atoms with Crippen LogP contribution in [0.1, 0.15) is 12.5 Å². The van der Waals surface area contributed by atoms with E-state index in [-0.39, 0.29) is 0 Å². The van der Waals surface area contributed by atoms with Gasteiger partial charge in [-0.2, -0.15) is 0 Å². The summed E-state index contributed by atoms with van der Waals surface area (Å²) in [7, 11) is 0. The van der Waals surface area contributed by atoms with E-state index >= 15 is 0 Å². The first-order chi connectivity index (χ1) is 6.79. The molecule has 0 heterocycles. The van der Waals surface area contributed by atoms with Crippen LogP contribution >= 0.6 is 0 Å². The number of aromatic hydroxyl groups is 1. The molecule has 0 amide bonds. The summed E-state index contributed by atoms with van der Waals surface area (Å²) in [5.74, 6) is 6.16. The molecule has 0 aliphatic heterocycles. The highest BCUT2D eigenvalue weighted by atomic mass is 16.3.